The summed E-state index contributed by atoms with van der Waals surface area (Å²) < 4.78 is 12.4. The standard InChI is InChI=1S/C52H28N4OS/c1-2-13-31-30(12-1)32-14-3-7-20-41(32)55-43-27-39-33-15-4-8-21-42(33)56(44(39)28-40(43)37-19-11-18-36(31)50(37)55)52-53-49(48-38-17-6-10-23-47(38)58-51(48)54-52)29-24-25-35-34-16-5-9-22-45(34)57-46(35)26-29/h1-28H. The Kier molecular flexibility index (Phi) is 5.85. The third-order valence-corrected chi connectivity index (χ3v) is 13.4. The second-order valence-corrected chi connectivity index (χ2v) is 16.3. The Balaban J connectivity index is 1.10. The summed E-state index contributed by atoms with van der Waals surface area (Å²) in [6.07, 6.45) is 0. The molecule has 5 aromatic heterocycles. The van der Waals surface area contributed by atoms with Gasteiger partial charge in [0.25, 0.3) is 0 Å². The molecule has 0 N–H and O–H groups in total. The van der Waals surface area contributed by atoms with Gasteiger partial charge in [-0.15, -0.1) is 11.3 Å². The Bertz CT molecular complexity index is 3940. The summed E-state index contributed by atoms with van der Waals surface area (Å²) in [4.78, 5) is 12.0. The lowest BCUT2D eigenvalue weighted by Gasteiger charge is -2.12. The monoisotopic (exact) mass is 756 g/mol. The minimum absolute atomic E-state index is 0.647. The van der Waals surface area contributed by atoms with Crippen molar-refractivity contribution in [2.24, 2.45) is 0 Å². The van der Waals surface area contributed by atoms with Crippen LogP contribution in [-0.4, -0.2) is 19.1 Å². The number of thiophene rings is 1. The number of fused-ring (bicyclic) bond motifs is 17. The number of rotatable bonds is 2. The number of nitrogens with zero attached hydrogens (tertiary/aromatic N) is 4. The van der Waals surface area contributed by atoms with Crippen LogP contribution in [0.2, 0.25) is 0 Å². The molecule has 0 radical (unpaired) electrons. The topological polar surface area (TPSA) is 48.8 Å². The van der Waals surface area contributed by atoms with E-state index in [-0.39, 0.29) is 0 Å². The highest BCUT2D eigenvalue weighted by Crippen LogP contribution is 2.48. The Morgan fingerprint density at radius 2 is 1.09 bits per heavy atom. The highest BCUT2D eigenvalue weighted by molar-refractivity contribution is 7.25. The second-order valence-electron chi connectivity index (χ2n) is 15.3. The number of hydrogen-bond acceptors (Lipinski definition) is 4. The van der Waals surface area contributed by atoms with Gasteiger partial charge in [-0.05, 0) is 59.7 Å². The molecule has 0 saturated heterocycles. The molecule has 0 fully saturated rings. The molecule has 0 amide bonds. The smallest absolute Gasteiger partial charge is 0.236 e. The van der Waals surface area contributed by atoms with Gasteiger partial charge in [-0.3, -0.25) is 4.57 Å². The van der Waals surface area contributed by atoms with E-state index >= 15 is 0 Å². The first-order valence-corrected chi connectivity index (χ1v) is 20.4. The quantitative estimate of drug-likeness (QED) is 0.176. The fourth-order valence-electron chi connectivity index (χ4n) is 9.85. The van der Waals surface area contributed by atoms with E-state index in [2.05, 4.69) is 167 Å². The first-order valence-electron chi connectivity index (χ1n) is 19.6. The van der Waals surface area contributed by atoms with E-state index in [0.29, 0.717) is 5.95 Å². The van der Waals surface area contributed by atoms with Crippen LogP contribution >= 0.6 is 11.3 Å². The average Bonchev–Trinajstić information content (AvgIpc) is 4.00. The molecule has 5 nitrogen and oxygen atoms in total. The average molecular weight is 757 g/mol. The maximum atomic E-state index is 6.41. The molecule has 1 aliphatic heterocycles. The van der Waals surface area contributed by atoms with Gasteiger partial charge in [-0.25, -0.2) is 9.97 Å². The Labute approximate surface area is 334 Å². The Hall–Kier alpha value is -7.54. The molecule has 0 atom stereocenters. The van der Waals surface area contributed by atoms with Crippen molar-refractivity contribution >= 4 is 97.2 Å². The Morgan fingerprint density at radius 1 is 0.431 bits per heavy atom. The molecule has 268 valence electrons. The van der Waals surface area contributed by atoms with Crippen molar-refractivity contribution in [1.82, 2.24) is 19.1 Å². The van der Waals surface area contributed by atoms with Crippen molar-refractivity contribution < 1.29 is 4.42 Å². The van der Waals surface area contributed by atoms with E-state index in [1.165, 1.54) is 54.4 Å². The van der Waals surface area contributed by atoms with Crippen molar-refractivity contribution in [2.45, 2.75) is 0 Å². The van der Waals surface area contributed by atoms with Crippen LogP contribution in [0.3, 0.4) is 0 Å². The van der Waals surface area contributed by atoms with Crippen molar-refractivity contribution in [2.75, 3.05) is 0 Å². The van der Waals surface area contributed by atoms with Gasteiger partial charge < -0.3 is 8.98 Å². The lowest BCUT2D eigenvalue weighted by Crippen LogP contribution is -2.02. The fourth-order valence-corrected chi connectivity index (χ4v) is 10.9. The molecular formula is C52H28N4OS. The van der Waals surface area contributed by atoms with Crippen molar-refractivity contribution in [3.8, 4) is 45.1 Å². The third-order valence-electron chi connectivity index (χ3n) is 12.3. The number of hydrogen-bond donors (Lipinski definition) is 0. The van der Waals surface area contributed by atoms with Crippen LogP contribution in [0, 0.1) is 0 Å². The summed E-state index contributed by atoms with van der Waals surface area (Å²) in [5, 5.41) is 9.17. The number of para-hydroxylation sites is 4. The fraction of sp³-hybridized carbons (Fsp3) is 0. The van der Waals surface area contributed by atoms with Crippen LogP contribution in [0.25, 0.3) is 131 Å². The molecule has 13 aromatic rings. The van der Waals surface area contributed by atoms with Crippen molar-refractivity contribution in [3.63, 3.8) is 0 Å². The molecule has 0 bridgehead atoms. The number of furan rings is 1. The second kappa shape index (κ2) is 11.1. The van der Waals surface area contributed by atoms with E-state index in [1.54, 1.807) is 11.3 Å². The normalized spacial score (nSPS) is 12.5. The minimum atomic E-state index is 0.647. The molecule has 8 aromatic carbocycles. The maximum absolute atomic E-state index is 6.41. The van der Waals surface area contributed by atoms with E-state index in [0.717, 1.165) is 70.6 Å². The third kappa shape index (κ3) is 3.94. The van der Waals surface area contributed by atoms with Gasteiger partial charge in [0.2, 0.25) is 5.95 Å². The first kappa shape index (κ1) is 30.7. The highest BCUT2D eigenvalue weighted by Gasteiger charge is 2.26. The van der Waals surface area contributed by atoms with Crippen LogP contribution in [0.1, 0.15) is 0 Å². The zero-order valence-corrected chi connectivity index (χ0v) is 31.6. The predicted octanol–water partition coefficient (Wildman–Crippen LogP) is 14.3. The molecule has 0 unspecified atom stereocenters. The van der Waals surface area contributed by atoms with Gasteiger partial charge in [0.05, 0.1) is 33.4 Å². The van der Waals surface area contributed by atoms with E-state index in [1.807, 2.05) is 12.1 Å². The van der Waals surface area contributed by atoms with Crippen LogP contribution < -0.4 is 0 Å². The SMILES string of the molecule is c1ccc2c(c1)-c1ccccc1-n1c3cc4c5ccccc5n(-c5nc(-c6ccc7c(c6)oc6ccccc67)c6c(n5)sc5ccccc56)c4cc3c3cccc-2c31. The molecule has 6 heteroatoms. The molecule has 14 rings (SSSR count). The molecule has 0 saturated carbocycles. The summed E-state index contributed by atoms with van der Waals surface area (Å²) in [5.41, 5.74) is 14.3. The summed E-state index contributed by atoms with van der Waals surface area (Å²) >= 11 is 1.72. The Morgan fingerprint density at radius 3 is 1.98 bits per heavy atom. The largest absolute Gasteiger partial charge is 0.456 e. The van der Waals surface area contributed by atoms with Gasteiger partial charge in [0, 0.05) is 64.5 Å². The highest BCUT2D eigenvalue weighted by atomic mass is 32.1. The van der Waals surface area contributed by atoms with Crippen LogP contribution in [0.4, 0.5) is 0 Å². The molecule has 0 spiro atoms. The van der Waals surface area contributed by atoms with Gasteiger partial charge in [-0.2, -0.15) is 0 Å². The predicted molar refractivity (Wildman–Crippen MR) is 241 cm³/mol. The number of aromatic nitrogens is 4. The van der Waals surface area contributed by atoms with Gasteiger partial charge in [0.1, 0.15) is 16.0 Å². The van der Waals surface area contributed by atoms with Crippen LogP contribution in [0.15, 0.2) is 174 Å². The van der Waals surface area contributed by atoms with Crippen molar-refractivity contribution in [1.29, 1.82) is 0 Å². The summed E-state index contributed by atoms with van der Waals surface area (Å²) in [5.74, 6) is 0.647. The lowest BCUT2D eigenvalue weighted by molar-refractivity contribution is 0.669. The van der Waals surface area contributed by atoms with E-state index in [4.69, 9.17) is 14.4 Å². The van der Waals surface area contributed by atoms with Gasteiger partial charge in [0.15, 0.2) is 0 Å². The molecule has 58 heavy (non-hydrogen) atoms. The van der Waals surface area contributed by atoms with Crippen LogP contribution in [-0.2, 0) is 0 Å². The molecule has 1 aliphatic rings. The van der Waals surface area contributed by atoms with E-state index in [9.17, 15) is 0 Å². The molecule has 6 heterocycles. The zero-order chi connectivity index (χ0) is 37.6. The first-order chi connectivity index (χ1) is 28.8. The summed E-state index contributed by atoms with van der Waals surface area (Å²) in [7, 11) is 0. The summed E-state index contributed by atoms with van der Waals surface area (Å²) in [6, 6.07) is 61.2. The minimum Gasteiger partial charge on any atom is -0.456 e. The molecule has 0 aliphatic carbocycles. The van der Waals surface area contributed by atoms with Crippen LogP contribution in [0.5, 0.6) is 0 Å². The van der Waals surface area contributed by atoms with Gasteiger partial charge >= 0.3 is 0 Å². The number of benzene rings is 8. The maximum Gasteiger partial charge on any atom is 0.236 e. The lowest BCUT2D eigenvalue weighted by atomic mass is 9.94. The zero-order valence-electron chi connectivity index (χ0n) is 30.8. The molecular weight excluding hydrogens is 729 g/mol. The summed E-state index contributed by atoms with van der Waals surface area (Å²) in [6.45, 7) is 0. The van der Waals surface area contributed by atoms with Crippen molar-refractivity contribution in [3.05, 3.63) is 170 Å². The van der Waals surface area contributed by atoms with Gasteiger partial charge in [-0.1, -0.05) is 121 Å². The van der Waals surface area contributed by atoms with E-state index < -0.39 is 0 Å².